The molecule has 22 heavy (non-hydrogen) atoms. The standard InChI is InChI=1S/C17H24N2O3/c1-12(2)9-18-17(21)14-8-16(20)19(11-14)10-13-4-6-15(22-3)7-5-13/h4-7,12,14H,8-11H2,1-3H3,(H,18,21)/t14-/m1/s1. The van der Waals surface area contributed by atoms with E-state index in [4.69, 9.17) is 4.74 Å². The molecule has 1 atom stereocenters. The molecule has 1 saturated heterocycles. The topological polar surface area (TPSA) is 58.6 Å². The lowest BCUT2D eigenvalue weighted by atomic mass is 10.1. The third-order valence-electron chi connectivity index (χ3n) is 3.80. The van der Waals surface area contributed by atoms with Crippen LogP contribution >= 0.6 is 0 Å². The summed E-state index contributed by atoms with van der Waals surface area (Å²) in [4.78, 5) is 25.9. The van der Waals surface area contributed by atoms with E-state index in [1.54, 1.807) is 12.0 Å². The number of nitrogens with one attached hydrogen (secondary N) is 1. The van der Waals surface area contributed by atoms with Gasteiger partial charge in [0.1, 0.15) is 5.75 Å². The van der Waals surface area contributed by atoms with E-state index in [2.05, 4.69) is 19.2 Å². The SMILES string of the molecule is COc1ccc(CN2C[C@H](C(=O)NCC(C)C)CC2=O)cc1. The summed E-state index contributed by atoms with van der Waals surface area (Å²) in [6, 6.07) is 7.64. The third kappa shape index (κ3) is 4.23. The van der Waals surface area contributed by atoms with E-state index < -0.39 is 0 Å². The minimum Gasteiger partial charge on any atom is -0.497 e. The summed E-state index contributed by atoms with van der Waals surface area (Å²) in [7, 11) is 1.62. The highest BCUT2D eigenvalue weighted by molar-refractivity contribution is 5.89. The molecule has 0 bridgehead atoms. The maximum atomic E-state index is 12.1. The zero-order valence-corrected chi connectivity index (χ0v) is 13.5. The van der Waals surface area contributed by atoms with Crippen molar-refractivity contribution in [3.8, 4) is 5.75 Å². The smallest absolute Gasteiger partial charge is 0.225 e. The van der Waals surface area contributed by atoms with Crippen LogP contribution in [-0.4, -0.2) is 36.9 Å². The van der Waals surface area contributed by atoms with E-state index in [0.29, 0.717) is 32.0 Å². The second-order valence-electron chi connectivity index (χ2n) is 6.16. The van der Waals surface area contributed by atoms with Gasteiger partial charge in [-0.2, -0.15) is 0 Å². The lowest BCUT2D eigenvalue weighted by molar-refractivity contribution is -0.129. The van der Waals surface area contributed by atoms with Gasteiger partial charge >= 0.3 is 0 Å². The molecule has 2 rings (SSSR count). The average molecular weight is 304 g/mol. The summed E-state index contributed by atoms with van der Waals surface area (Å²) in [5.41, 5.74) is 1.04. The molecule has 0 spiro atoms. The van der Waals surface area contributed by atoms with Gasteiger partial charge in [-0.25, -0.2) is 0 Å². The first-order valence-electron chi connectivity index (χ1n) is 7.68. The van der Waals surface area contributed by atoms with Crippen LogP contribution in [-0.2, 0) is 16.1 Å². The molecule has 5 nitrogen and oxygen atoms in total. The highest BCUT2D eigenvalue weighted by atomic mass is 16.5. The van der Waals surface area contributed by atoms with Crippen LogP contribution in [0.2, 0.25) is 0 Å². The number of rotatable bonds is 6. The summed E-state index contributed by atoms with van der Waals surface area (Å²) in [6.45, 7) is 5.79. The van der Waals surface area contributed by atoms with Crippen molar-refractivity contribution in [2.24, 2.45) is 11.8 Å². The average Bonchev–Trinajstić information content (AvgIpc) is 2.86. The minimum absolute atomic E-state index is 0.0146. The fraction of sp³-hybridized carbons (Fsp3) is 0.529. The molecule has 2 amide bonds. The van der Waals surface area contributed by atoms with Gasteiger partial charge < -0.3 is 15.0 Å². The molecule has 120 valence electrons. The summed E-state index contributed by atoms with van der Waals surface area (Å²) in [5.74, 6) is 1.00. The summed E-state index contributed by atoms with van der Waals surface area (Å²) < 4.78 is 5.12. The van der Waals surface area contributed by atoms with Crippen molar-refractivity contribution in [3.63, 3.8) is 0 Å². The van der Waals surface area contributed by atoms with Gasteiger partial charge in [-0.1, -0.05) is 26.0 Å². The number of hydrogen-bond donors (Lipinski definition) is 1. The van der Waals surface area contributed by atoms with Gasteiger partial charge in [-0.05, 0) is 23.6 Å². The zero-order chi connectivity index (χ0) is 16.1. The molecule has 0 saturated carbocycles. The molecular formula is C17H24N2O3. The van der Waals surface area contributed by atoms with Crippen molar-refractivity contribution in [2.75, 3.05) is 20.2 Å². The molecular weight excluding hydrogens is 280 g/mol. The van der Waals surface area contributed by atoms with Gasteiger partial charge in [-0.15, -0.1) is 0 Å². The van der Waals surface area contributed by atoms with Crippen molar-refractivity contribution >= 4 is 11.8 Å². The van der Waals surface area contributed by atoms with Crippen LogP contribution in [0.15, 0.2) is 24.3 Å². The fourth-order valence-electron chi connectivity index (χ4n) is 2.50. The number of nitrogens with zero attached hydrogens (tertiary/aromatic N) is 1. The lowest BCUT2D eigenvalue weighted by Crippen LogP contribution is -2.34. The summed E-state index contributed by atoms with van der Waals surface area (Å²) in [6.07, 6.45) is 0.306. The Morgan fingerprint density at radius 1 is 1.36 bits per heavy atom. The largest absolute Gasteiger partial charge is 0.497 e. The Kier molecular flexibility index (Phi) is 5.41. The van der Waals surface area contributed by atoms with Gasteiger partial charge in [0, 0.05) is 26.1 Å². The first-order valence-corrected chi connectivity index (χ1v) is 7.68. The first kappa shape index (κ1) is 16.3. The highest BCUT2D eigenvalue weighted by Crippen LogP contribution is 2.21. The lowest BCUT2D eigenvalue weighted by Gasteiger charge is -2.17. The summed E-state index contributed by atoms with van der Waals surface area (Å²) in [5, 5.41) is 2.91. The quantitative estimate of drug-likeness (QED) is 0.872. The van der Waals surface area contributed by atoms with E-state index in [9.17, 15) is 9.59 Å². The van der Waals surface area contributed by atoms with Gasteiger partial charge in [0.25, 0.3) is 0 Å². The van der Waals surface area contributed by atoms with Crippen LogP contribution in [0.5, 0.6) is 5.75 Å². The fourth-order valence-corrected chi connectivity index (χ4v) is 2.50. The third-order valence-corrected chi connectivity index (χ3v) is 3.80. The van der Waals surface area contributed by atoms with Crippen LogP contribution in [0.4, 0.5) is 0 Å². The van der Waals surface area contributed by atoms with Crippen LogP contribution in [0, 0.1) is 11.8 Å². The van der Waals surface area contributed by atoms with E-state index in [-0.39, 0.29) is 17.7 Å². The number of benzene rings is 1. The van der Waals surface area contributed by atoms with E-state index in [1.807, 2.05) is 24.3 Å². The second-order valence-corrected chi connectivity index (χ2v) is 6.16. The van der Waals surface area contributed by atoms with Crippen molar-refractivity contribution in [1.82, 2.24) is 10.2 Å². The maximum Gasteiger partial charge on any atom is 0.225 e. The Labute approximate surface area is 131 Å². The number of likely N-dealkylation sites (tertiary alicyclic amines) is 1. The molecule has 1 aromatic rings. The van der Waals surface area contributed by atoms with E-state index in [0.717, 1.165) is 11.3 Å². The van der Waals surface area contributed by atoms with Gasteiger partial charge in [-0.3, -0.25) is 9.59 Å². The number of carbonyl (C=O) groups is 2. The van der Waals surface area contributed by atoms with Gasteiger partial charge in [0.2, 0.25) is 11.8 Å². The molecule has 0 radical (unpaired) electrons. The first-order chi connectivity index (χ1) is 10.5. The van der Waals surface area contributed by atoms with Crippen molar-refractivity contribution in [3.05, 3.63) is 29.8 Å². The maximum absolute atomic E-state index is 12.1. The monoisotopic (exact) mass is 304 g/mol. The molecule has 1 aromatic carbocycles. The van der Waals surface area contributed by atoms with Gasteiger partial charge in [0.05, 0.1) is 13.0 Å². The predicted octanol–water partition coefficient (Wildman–Crippen LogP) is 1.82. The van der Waals surface area contributed by atoms with Crippen molar-refractivity contribution < 1.29 is 14.3 Å². The minimum atomic E-state index is -0.232. The Bertz CT molecular complexity index is 525. The van der Waals surface area contributed by atoms with Crippen molar-refractivity contribution in [1.29, 1.82) is 0 Å². The Morgan fingerprint density at radius 3 is 2.64 bits per heavy atom. The Hall–Kier alpha value is -2.04. The van der Waals surface area contributed by atoms with Crippen LogP contribution < -0.4 is 10.1 Å². The molecule has 1 heterocycles. The molecule has 0 aliphatic carbocycles. The van der Waals surface area contributed by atoms with E-state index in [1.165, 1.54) is 0 Å². The normalized spacial score (nSPS) is 17.9. The molecule has 1 aliphatic rings. The molecule has 1 fully saturated rings. The Morgan fingerprint density at radius 2 is 2.05 bits per heavy atom. The van der Waals surface area contributed by atoms with Gasteiger partial charge in [0.15, 0.2) is 0 Å². The molecule has 0 aromatic heterocycles. The number of hydrogen-bond acceptors (Lipinski definition) is 3. The number of ether oxygens (including phenoxy) is 1. The predicted molar refractivity (Wildman–Crippen MR) is 84.4 cm³/mol. The highest BCUT2D eigenvalue weighted by Gasteiger charge is 2.34. The molecule has 5 heteroatoms. The number of methoxy groups -OCH3 is 1. The van der Waals surface area contributed by atoms with E-state index >= 15 is 0 Å². The number of amides is 2. The molecule has 1 N–H and O–H groups in total. The number of carbonyl (C=O) groups excluding carboxylic acids is 2. The van der Waals surface area contributed by atoms with Crippen LogP contribution in [0.3, 0.4) is 0 Å². The molecule has 1 aliphatic heterocycles. The van der Waals surface area contributed by atoms with Crippen LogP contribution in [0.25, 0.3) is 0 Å². The van der Waals surface area contributed by atoms with Crippen molar-refractivity contribution in [2.45, 2.75) is 26.8 Å². The Balaban J connectivity index is 1.90. The second kappa shape index (κ2) is 7.29. The summed E-state index contributed by atoms with van der Waals surface area (Å²) >= 11 is 0. The van der Waals surface area contributed by atoms with Crippen LogP contribution in [0.1, 0.15) is 25.8 Å². The zero-order valence-electron chi connectivity index (χ0n) is 13.5. The molecule has 0 unspecified atom stereocenters.